The van der Waals surface area contributed by atoms with Gasteiger partial charge in [-0.3, -0.25) is 10.2 Å². The number of rotatable bonds is 2. The molecule has 0 saturated carbocycles. The zero-order valence-electron chi connectivity index (χ0n) is 7.00. The van der Waals surface area contributed by atoms with Crippen LogP contribution in [-0.4, -0.2) is 13.0 Å². The lowest BCUT2D eigenvalue weighted by molar-refractivity contribution is 0.0953. The third-order valence-electron chi connectivity index (χ3n) is 1.55. The fourth-order valence-corrected chi connectivity index (χ4v) is 1.43. The van der Waals surface area contributed by atoms with Crippen molar-refractivity contribution in [2.75, 3.05) is 7.11 Å². The normalized spacial score (nSPS) is 9.46. The summed E-state index contributed by atoms with van der Waals surface area (Å²) in [5, 5.41) is 0. The Kier molecular flexibility index (Phi) is 3.27. The molecule has 1 rings (SSSR count). The van der Waals surface area contributed by atoms with E-state index in [2.05, 4.69) is 15.9 Å². The quantitative estimate of drug-likeness (QED) is 0.465. The Bertz CT molecular complexity index is 328. The molecule has 0 aliphatic heterocycles. The van der Waals surface area contributed by atoms with Crippen LogP contribution in [-0.2, 0) is 0 Å². The summed E-state index contributed by atoms with van der Waals surface area (Å²) in [4.78, 5) is 11.1. The molecule has 4 nitrogen and oxygen atoms in total. The van der Waals surface area contributed by atoms with Crippen LogP contribution in [0.5, 0.6) is 5.75 Å². The lowest BCUT2D eigenvalue weighted by atomic mass is 10.2. The first-order chi connectivity index (χ1) is 6.19. The molecule has 5 heteroatoms. The summed E-state index contributed by atoms with van der Waals surface area (Å²) in [6, 6.07) is 4.96. The molecule has 0 aliphatic carbocycles. The zero-order chi connectivity index (χ0) is 9.84. The predicted molar refractivity (Wildman–Crippen MR) is 52.3 cm³/mol. The average Bonchev–Trinajstić information content (AvgIpc) is 2.16. The maximum absolute atomic E-state index is 11.1. The summed E-state index contributed by atoms with van der Waals surface area (Å²) >= 11 is 3.26. The fraction of sp³-hybridized carbons (Fsp3) is 0.125. The molecule has 1 aromatic rings. The number of benzene rings is 1. The van der Waals surface area contributed by atoms with Crippen molar-refractivity contribution >= 4 is 21.8 Å². The highest BCUT2D eigenvalue weighted by Gasteiger charge is 2.06. The van der Waals surface area contributed by atoms with Crippen molar-refractivity contribution < 1.29 is 9.53 Å². The van der Waals surface area contributed by atoms with Crippen LogP contribution in [0.25, 0.3) is 0 Å². The molecular weight excluding hydrogens is 236 g/mol. The summed E-state index contributed by atoms with van der Waals surface area (Å²) in [6.07, 6.45) is 0. The number of amides is 1. The lowest BCUT2D eigenvalue weighted by Crippen LogP contribution is -2.29. The largest absolute Gasteiger partial charge is 0.496 e. The Morgan fingerprint density at radius 1 is 1.62 bits per heavy atom. The van der Waals surface area contributed by atoms with Gasteiger partial charge < -0.3 is 4.74 Å². The van der Waals surface area contributed by atoms with Crippen molar-refractivity contribution in [3.05, 3.63) is 28.2 Å². The molecule has 70 valence electrons. The van der Waals surface area contributed by atoms with E-state index < -0.39 is 0 Å². The summed E-state index contributed by atoms with van der Waals surface area (Å²) in [5.74, 6) is 5.32. The minimum Gasteiger partial charge on any atom is -0.496 e. The molecule has 0 fully saturated rings. The van der Waals surface area contributed by atoms with Gasteiger partial charge in [0.2, 0.25) is 0 Å². The summed E-state index contributed by atoms with van der Waals surface area (Å²) in [6.45, 7) is 0. The van der Waals surface area contributed by atoms with Gasteiger partial charge in [-0.1, -0.05) is 0 Å². The van der Waals surface area contributed by atoms with E-state index in [0.29, 0.717) is 11.3 Å². The molecule has 0 unspecified atom stereocenters. The van der Waals surface area contributed by atoms with E-state index >= 15 is 0 Å². The molecule has 0 bridgehead atoms. The van der Waals surface area contributed by atoms with Crippen molar-refractivity contribution in [2.45, 2.75) is 0 Å². The highest BCUT2D eigenvalue weighted by molar-refractivity contribution is 9.10. The third-order valence-corrected chi connectivity index (χ3v) is 2.16. The van der Waals surface area contributed by atoms with Gasteiger partial charge in [-0.25, -0.2) is 5.84 Å². The molecule has 0 radical (unpaired) electrons. The van der Waals surface area contributed by atoms with E-state index in [1.165, 1.54) is 0 Å². The van der Waals surface area contributed by atoms with E-state index in [9.17, 15) is 4.79 Å². The van der Waals surface area contributed by atoms with Gasteiger partial charge in [0.1, 0.15) is 5.75 Å². The van der Waals surface area contributed by atoms with E-state index in [-0.39, 0.29) is 5.91 Å². The van der Waals surface area contributed by atoms with Gasteiger partial charge in [-0.15, -0.1) is 0 Å². The molecule has 0 heterocycles. The highest BCUT2D eigenvalue weighted by atomic mass is 79.9. The molecule has 13 heavy (non-hydrogen) atoms. The van der Waals surface area contributed by atoms with Crippen LogP contribution >= 0.6 is 15.9 Å². The van der Waals surface area contributed by atoms with E-state index in [4.69, 9.17) is 10.6 Å². The van der Waals surface area contributed by atoms with Crippen LogP contribution in [0.2, 0.25) is 0 Å². The highest BCUT2D eigenvalue weighted by Crippen LogP contribution is 2.25. The topological polar surface area (TPSA) is 64.3 Å². The molecule has 1 aromatic carbocycles. The van der Waals surface area contributed by atoms with Crippen LogP contribution in [0.15, 0.2) is 22.7 Å². The molecule has 0 aromatic heterocycles. The molecule has 0 saturated heterocycles. The Morgan fingerprint density at radius 3 is 2.77 bits per heavy atom. The monoisotopic (exact) mass is 244 g/mol. The first kappa shape index (κ1) is 10.0. The van der Waals surface area contributed by atoms with Crippen molar-refractivity contribution in [3.63, 3.8) is 0 Å². The number of nitrogens with two attached hydrogens (primary N) is 1. The van der Waals surface area contributed by atoms with Crippen molar-refractivity contribution in [1.29, 1.82) is 0 Å². The molecule has 1 amide bonds. The number of nitrogen functional groups attached to an aromatic ring is 1. The molecule has 3 N–H and O–H groups in total. The second-order valence-electron chi connectivity index (χ2n) is 2.32. The number of hydrazine groups is 1. The predicted octanol–water partition coefficient (Wildman–Crippen LogP) is 1.06. The van der Waals surface area contributed by atoms with Gasteiger partial charge in [0.05, 0.1) is 11.6 Å². The van der Waals surface area contributed by atoms with Crippen molar-refractivity contribution in [2.24, 2.45) is 5.84 Å². The van der Waals surface area contributed by atoms with Crippen molar-refractivity contribution in [1.82, 2.24) is 5.43 Å². The lowest BCUT2D eigenvalue weighted by Gasteiger charge is -2.04. The van der Waals surface area contributed by atoms with E-state index in [1.807, 2.05) is 5.43 Å². The maximum atomic E-state index is 11.1. The van der Waals surface area contributed by atoms with E-state index in [0.717, 1.165) is 4.47 Å². The van der Waals surface area contributed by atoms with Crippen LogP contribution in [0, 0.1) is 0 Å². The third kappa shape index (κ3) is 2.19. The summed E-state index contributed by atoms with van der Waals surface area (Å²) in [7, 11) is 1.56. The van der Waals surface area contributed by atoms with Gasteiger partial charge in [0.15, 0.2) is 0 Å². The second-order valence-corrected chi connectivity index (χ2v) is 3.18. The van der Waals surface area contributed by atoms with Crippen LogP contribution in [0.1, 0.15) is 10.4 Å². The van der Waals surface area contributed by atoms with Gasteiger partial charge in [0.25, 0.3) is 5.91 Å². The van der Waals surface area contributed by atoms with Gasteiger partial charge in [-0.05, 0) is 34.1 Å². The Hall–Kier alpha value is -1.07. The number of hydrogen-bond donors (Lipinski definition) is 2. The number of halogens is 1. The Balaban J connectivity index is 3.02. The van der Waals surface area contributed by atoms with Crippen LogP contribution in [0.4, 0.5) is 0 Å². The number of carbonyl (C=O) groups is 1. The van der Waals surface area contributed by atoms with Crippen molar-refractivity contribution in [3.8, 4) is 5.75 Å². The number of carbonyl (C=O) groups excluding carboxylic acids is 1. The smallest absolute Gasteiger partial charge is 0.265 e. The molecule has 0 spiro atoms. The summed E-state index contributed by atoms with van der Waals surface area (Å²) in [5.41, 5.74) is 2.53. The van der Waals surface area contributed by atoms with E-state index in [1.54, 1.807) is 25.3 Å². The van der Waals surface area contributed by atoms with Crippen LogP contribution < -0.4 is 16.0 Å². The zero-order valence-corrected chi connectivity index (χ0v) is 8.59. The number of ether oxygens (including phenoxy) is 1. The first-order valence-electron chi connectivity index (χ1n) is 3.53. The SMILES string of the molecule is COc1ccc(C(=O)NN)cc1Br. The average molecular weight is 245 g/mol. The number of methoxy groups -OCH3 is 1. The standard InChI is InChI=1S/C8H9BrN2O2/c1-13-7-3-2-5(4-6(7)9)8(12)11-10/h2-4H,10H2,1H3,(H,11,12). The van der Waals surface area contributed by atoms with Gasteiger partial charge in [0, 0.05) is 5.56 Å². The fourth-order valence-electron chi connectivity index (χ4n) is 0.891. The minimum atomic E-state index is -0.330. The Labute approximate surface area is 84.2 Å². The molecule has 0 atom stereocenters. The van der Waals surface area contributed by atoms with Gasteiger partial charge >= 0.3 is 0 Å². The number of nitrogens with one attached hydrogen (secondary N) is 1. The second kappa shape index (κ2) is 4.25. The molecule has 0 aliphatic rings. The number of hydrogen-bond acceptors (Lipinski definition) is 3. The summed E-state index contributed by atoms with van der Waals surface area (Å²) < 4.78 is 5.72. The first-order valence-corrected chi connectivity index (χ1v) is 4.33. The Morgan fingerprint density at radius 2 is 2.31 bits per heavy atom. The molecular formula is C8H9BrN2O2. The maximum Gasteiger partial charge on any atom is 0.265 e. The van der Waals surface area contributed by atoms with Crippen LogP contribution in [0.3, 0.4) is 0 Å². The minimum absolute atomic E-state index is 0.330. The van der Waals surface area contributed by atoms with Gasteiger partial charge in [-0.2, -0.15) is 0 Å².